The van der Waals surface area contributed by atoms with Gasteiger partial charge in [0, 0.05) is 31.6 Å². The van der Waals surface area contributed by atoms with Gasteiger partial charge in [0.05, 0.1) is 17.5 Å². The first-order valence-electron chi connectivity index (χ1n) is 8.30. The molecule has 6 nitrogen and oxygen atoms in total. The topological polar surface area (TPSA) is 77.9 Å². The molecule has 24 heavy (non-hydrogen) atoms. The largest absolute Gasteiger partial charge is 0.508 e. The maximum absolute atomic E-state index is 12.4. The van der Waals surface area contributed by atoms with Crippen LogP contribution in [0.2, 0.25) is 0 Å². The van der Waals surface area contributed by atoms with Crippen LogP contribution in [0.3, 0.4) is 0 Å². The normalized spacial score (nSPS) is 26.5. The van der Waals surface area contributed by atoms with Crippen LogP contribution in [-0.4, -0.2) is 65.9 Å². The molecule has 2 unspecified atom stereocenters. The molecule has 1 aromatic rings. The summed E-state index contributed by atoms with van der Waals surface area (Å²) in [6.07, 6.45) is 0. The number of sulfone groups is 1. The fourth-order valence-electron chi connectivity index (χ4n) is 3.72. The van der Waals surface area contributed by atoms with E-state index < -0.39 is 9.84 Å². The highest BCUT2D eigenvalue weighted by molar-refractivity contribution is 7.91. The number of hydrogen-bond acceptors (Lipinski definition) is 5. The summed E-state index contributed by atoms with van der Waals surface area (Å²) in [4.78, 5) is 16.3. The third-order valence-corrected chi connectivity index (χ3v) is 6.56. The van der Waals surface area contributed by atoms with Crippen LogP contribution >= 0.6 is 0 Å². The molecule has 1 aromatic carbocycles. The summed E-state index contributed by atoms with van der Waals surface area (Å²) < 4.78 is 24.4. The monoisotopic (exact) mass is 352 g/mol. The first kappa shape index (κ1) is 17.2. The number of nitrogens with zero attached hydrogens (tertiary/aromatic N) is 2. The van der Waals surface area contributed by atoms with Gasteiger partial charge in [-0.3, -0.25) is 9.69 Å². The maximum Gasteiger partial charge on any atom is 0.225 e. The zero-order valence-electron chi connectivity index (χ0n) is 14.1. The van der Waals surface area contributed by atoms with Gasteiger partial charge in [0.25, 0.3) is 0 Å². The summed E-state index contributed by atoms with van der Waals surface area (Å²) in [5, 5.41) is 9.62. The Kier molecular flexibility index (Phi) is 4.57. The third-order valence-electron chi connectivity index (χ3n) is 4.86. The van der Waals surface area contributed by atoms with Crippen molar-refractivity contribution in [2.24, 2.45) is 5.92 Å². The summed E-state index contributed by atoms with van der Waals surface area (Å²) >= 11 is 0. The molecular weight excluding hydrogens is 328 g/mol. The lowest BCUT2D eigenvalue weighted by atomic mass is 10.0. The number of carbonyl (C=O) groups excluding carboxylic acids is 1. The van der Waals surface area contributed by atoms with Gasteiger partial charge in [-0.2, -0.15) is 0 Å². The van der Waals surface area contributed by atoms with Crippen LogP contribution in [-0.2, 0) is 21.2 Å². The van der Waals surface area contributed by atoms with Crippen molar-refractivity contribution in [3.63, 3.8) is 0 Å². The van der Waals surface area contributed by atoms with E-state index in [1.54, 1.807) is 23.1 Å². The van der Waals surface area contributed by atoms with Crippen LogP contribution in [0.1, 0.15) is 19.4 Å². The van der Waals surface area contributed by atoms with Crippen molar-refractivity contribution < 1.29 is 18.3 Å². The minimum atomic E-state index is -3.14. The molecule has 132 valence electrons. The maximum atomic E-state index is 12.4. The van der Waals surface area contributed by atoms with Crippen molar-refractivity contribution in [1.82, 2.24) is 9.80 Å². The summed E-state index contributed by atoms with van der Waals surface area (Å²) in [6.45, 7) is 5.46. The molecule has 1 amide bonds. The molecule has 0 spiro atoms. The van der Waals surface area contributed by atoms with E-state index in [1.807, 2.05) is 19.9 Å². The van der Waals surface area contributed by atoms with E-state index in [4.69, 9.17) is 0 Å². The molecule has 3 rings (SSSR count). The molecule has 0 saturated carbocycles. The van der Waals surface area contributed by atoms with Crippen LogP contribution in [0.15, 0.2) is 24.3 Å². The average molecular weight is 352 g/mol. The van der Waals surface area contributed by atoms with Crippen LogP contribution in [0, 0.1) is 5.92 Å². The van der Waals surface area contributed by atoms with Gasteiger partial charge in [0.2, 0.25) is 5.91 Å². The number of piperazine rings is 1. The lowest BCUT2D eigenvalue weighted by molar-refractivity contribution is -0.140. The predicted octanol–water partition coefficient (Wildman–Crippen LogP) is 0.858. The minimum Gasteiger partial charge on any atom is -0.508 e. The Balaban J connectivity index is 1.83. The smallest absolute Gasteiger partial charge is 0.225 e. The van der Waals surface area contributed by atoms with Gasteiger partial charge < -0.3 is 10.0 Å². The zero-order chi connectivity index (χ0) is 17.5. The van der Waals surface area contributed by atoms with Gasteiger partial charge >= 0.3 is 0 Å². The highest BCUT2D eigenvalue weighted by Gasteiger charge is 2.48. The first-order chi connectivity index (χ1) is 11.3. The Bertz CT molecular complexity index is 732. The molecule has 2 aliphatic rings. The number of phenols is 1. The van der Waals surface area contributed by atoms with E-state index in [0.29, 0.717) is 19.6 Å². The van der Waals surface area contributed by atoms with E-state index >= 15 is 0 Å². The minimum absolute atomic E-state index is 0.0269. The van der Waals surface area contributed by atoms with E-state index in [9.17, 15) is 18.3 Å². The molecule has 2 heterocycles. The standard InChI is InChI=1S/C17H24N2O4S/c1-12(2)17(21)19-7-6-18(9-13-4-3-5-14(20)8-13)15-10-24(22,23)11-16(15)19/h3-5,8,12,15-16,20H,6-7,9-11H2,1-2H3. The number of amides is 1. The molecule has 0 aromatic heterocycles. The number of hydrogen-bond donors (Lipinski definition) is 1. The van der Waals surface area contributed by atoms with E-state index in [1.165, 1.54) is 0 Å². The number of rotatable bonds is 3. The summed E-state index contributed by atoms with van der Waals surface area (Å²) in [7, 11) is -3.14. The Morgan fingerprint density at radius 1 is 1.25 bits per heavy atom. The number of aromatic hydroxyl groups is 1. The van der Waals surface area contributed by atoms with E-state index in [-0.39, 0.29) is 41.2 Å². The SMILES string of the molecule is CC(C)C(=O)N1CCN(Cc2cccc(O)c2)C2CS(=O)(=O)CC21. The number of benzene rings is 1. The molecule has 2 saturated heterocycles. The van der Waals surface area contributed by atoms with Gasteiger partial charge in [0.15, 0.2) is 9.84 Å². The molecule has 2 atom stereocenters. The lowest BCUT2D eigenvalue weighted by Crippen LogP contribution is -2.60. The Labute approximate surface area is 143 Å². The molecule has 0 aliphatic carbocycles. The van der Waals surface area contributed by atoms with Crippen molar-refractivity contribution in [2.75, 3.05) is 24.6 Å². The van der Waals surface area contributed by atoms with Gasteiger partial charge in [0.1, 0.15) is 5.75 Å². The van der Waals surface area contributed by atoms with Crippen molar-refractivity contribution in [2.45, 2.75) is 32.5 Å². The summed E-state index contributed by atoms with van der Waals surface area (Å²) in [5.74, 6) is 0.243. The van der Waals surface area contributed by atoms with Crippen LogP contribution in [0.4, 0.5) is 0 Å². The fourth-order valence-corrected chi connectivity index (χ4v) is 5.73. The molecule has 2 fully saturated rings. The van der Waals surface area contributed by atoms with Crippen LogP contribution in [0.25, 0.3) is 0 Å². The van der Waals surface area contributed by atoms with Gasteiger partial charge in [-0.15, -0.1) is 0 Å². The molecule has 0 bridgehead atoms. The van der Waals surface area contributed by atoms with Crippen molar-refractivity contribution in [3.05, 3.63) is 29.8 Å². The molecule has 2 aliphatic heterocycles. The van der Waals surface area contributed by atoms with Gasteiger partial charge in [-0.1, -0.05) is 26.0 Å². The first-order valence-corrected chi connectivity index (χ1v) is 10.1. The number of fused-ring (bicyclic) bond motifs is 1. The molecule has 1 N–H and O–H groups in total. The third kappa shape index (κ3) is 3.42. The predicted molar refractivity (Wildman–Crippen MR) is 91.3 cm³/mol. The Morgan fingerprint density at radius 2 is 1.96 bits per heavy atom. The van der Waals surface area contributed by atoms with Crippen LogP contribution < -0.4 is 0 Å². The number of carbonyl (C=O) groups is 1. The Morgan fingerprint density at radius 3 is 2.62 bits per heavy atom. The van der Waals surface area contributed by atoms with Gasteiger partial charge in [-0.05, 0) is 17.7 Å². The average Bonchev–Trinajstić information content (AvgIpc) is 2.82. The molecule has 0 radical (unpaired) electrons. The van der Waals surface area contributed by atoms with Crippen molar-refractivity contribution in [3.8, 4) is 5.75 Å². The second-order valence-electron chi connectivity index (χ2n) is 7.04. The second kappa shape index (κ2) is 6.37. The molecule has 7 heteroatoms. The zero-order valence-corrected chi connectivity index (χ0v) is 14.9. The number of phenolic OH excluding ortho intramolecular Hbond substituents is 1. The van der Waals surface area contributed by atoms with Crippen LogP contribution in [0.5, 0.6) is 5.75 Å². The van der Waals surface area contributed by atoms with E-state index in [0.717, 1.165) is 5.56 Å². The fraction of sp³-hybridized carbons (Fsp3) is 0.588. The highest BCUT2D eigenvalue weighted by atomic mass is 32.2. The highest BCUT2D eigenvalue weighted by Crippen LogP contribution is 2.29. The molecular formula is C17H24N2O4S. The van der Waals surface area contributed by atoms with E-state index in [2.05, 4.69) is 4.90 Å². The lowest BCUT2D eigenvalue weighted by Gasteiger charge is -2.44. The Hall–Kier alpha value is -1.60. The van der Waals surface area contributed by atoms with Crippen molar-refractivity contribution >= 4 is 15.7 Å². The van der Waals surface area contributed by atoms with Gasteiger partial charge in [-0.25, -0.2) is 8.42 Å². The summed E-state index contributed by atoms with van der Waals surface area (Å²) in [6, 6.07) is 6.58. The summed E-state index contributed by atoms with van der Waals surface area (Å²) in [5.41, 5.74) is 0.946. The quantitative estimate of drug-likeness (QED) is 0.873. The van der Waals surface area contributed by atoms with Crippen molar-refractivity contribution in [1.29, 1.82) is 0 Å². The second-order valence-corrected chi connectivity index (χ2v) is 9.19.